The Morgan fingerprint density at radius 2 is 2.00 bits per heavy atom. The standard InChI is InChI=1S/C16H14ClN3O2/c1-21-14-8-3-2-7-13(14)16-20-19-15(22-16)10-18-12-6-4-5-11(17)9-12/h2-9,18H,10H2,1H3. The molecule has 0 amide bonds. The van der Waals surface area contributed by atoms with Crippen LogP contribution in [0.1, 0.15) is 5.89 Å². The molecule has 0 bridgehead atoms. The van der Waals surface area contributed by atoms with Crippen LogP contribution >= 0.6 is 11.6 Å². The molecule has 0 aliphatic rings. The minimum Gasteiger partial charge on any atom is -0.496 e. The maximum absolute atomic E-state index is 5.94. The summed E-state index contributed by atoms with van der Waals surface area (Å²) < 4.78 is 11.0. The van der Waals surface area contributed by atoms with Crippen molar-refractivity contribution in [1.82, 2.24) is 10.2 Å². The van der Waals surface area contributed by atoms with E-state index in [-0.39, 0.29) is 0 Å². The van der Waals surface area contributed by atoms with E-state index in [1.165, 1.54) is 0 Å². The van der Waals surface area contributed by atoms with Crippen molar-refractivity contribution in [3.05, 3.63) is 59.4 Å². The van der Waals surface area contributed by atoms with E-state index in [2.05, 4.69) is 15.5 Å². The van der Waals surface area contributed by atoms with E-state index in [4.69, 9.17) is 20.8 Å². The maximum atomic E-state index is 5.94. The van der Waals surface area contributed by atoms with Gasteiger partial charge in [-0.25, -0.2) is 0 Å². The molecule has 0 saturated heterocycles. The number of nitrogens with one attached hydrogen (secondary N) is 1. The molecule has 5 nitrogen and oxygen atoms in total. The molecule has 0 aliphatic heterocycles. The largest absolute Gasteiger partial charge is 0.496 e. The van der Waals surface area contributed by atoms with Crippen LogP contribution in [0.25, 0.3) is 11.5 Å². The van der Waals surface area contributed by atoms with Crippen LogP contribution in [0.5, 0.6) is 5.75 Å². The van der Waals surface area contributed by atoms with Crippen molar-refractivity contribution in [2.45, 2.75) is 6.54 Å². The molecule has 112 valence electrons. The maximum Gasteiger partial charge on any atom is 0.251 e. The topological polar surface area (TPSA) is 60.2 Å². The third-order valence-electron chi connectivity index (χ3n) is 3.07. The number of hydrogen-bond donors (Lipinski definition) is 1. The average molecular weight is 316 g/mol. The second kappa shape index (κ2) is 6.49. The lowest BCUT2D eigenvalue weighted by molar-refractivity contribution is 0.413. The number of aromatic nitrogens is 2. The summed E-state index contributed by atoms with van der Waals surface area (Å²) in [5.41, 5.74) is 1.66. The third kappa shape index (κ3) is 3.20. The number of halogens is 1. The highest BCUT2D eigenvalue weighted by molar-refractivity contribution is 6.30. The van der Waals surface area contributed by atoms with Crippen molar-refractivity contribution < 1.29 is 9.15 Å². The highest BCUT2D eigenvalue weighted by atomic mass is 35.5. The molecule has 0 saturated carbocycles. The lowest BCUT2D eigenvalue weighted by Crippen LogP contribution is -1.99. The van der Waals surface area contributed by atoms with Gasteiger partial charge in [0.1, 0.15) is 5.75 Å². The Morgan fingerprint density at radius 1 is 1.14 bits per heavy atom. The third-order valence-corrected chi connectivity index (χ3v) is 3.31. The molecule has 6 heteroatoms. The molecule has 0 unspecified atom stereocenters. The zero-order valence-corrected chi connectivity index (χ0v) is 12.7. The Balaban J connectivity index is 1.74. The van der Waals surface area contributed by atoms with E-state index < -0.39 is 0 Å². The molecular formula is C16H14ClN3O2. The van der Waals surface area contributed by atoms with Gasteiger partial charge in [0.05, 0.1) is 19.2 Å². The van der Waals surface area contributed by atoms with Gasteiger partial charge in [0.15, 0.2) is 0 Å². The Labute approximate surface area is 132 Å². The number of methoxy groups -OCH3 is 1. The summed E-state index contributed by atoms with van der Waals surface area (Å²) >= 11 is 5.94. The number of hydrogen-bond acceptors (Lipinski definition) is 5. The monoisotopic (exact) mass is 315 g/mol. The summed E-state index contributed by atoms with van der Waals surface area (Å²) in [5.74, 6) is 1.61. The molecule has 3 rings (SSSR count). The summed E-state index contributed by atoms with van der Waals surface area (Å²) in [5, 5.41) is 12.0. The van der Waals surface area contributed by atoms with Crippen LogP contribution in [-0.2, 0) is 6.54 Å². The summed E-state index contributed by atoms with van der Waals surface area (Å²) in [7, 11) is 1.61. The highest BCUT2D eigenvalue weighted by Crippen LogP contribution is 2.28. The number of nitrogens with zero attached hydrogens (tertiary/aromatic N) is 2. The van der Waals surface area contributed by atoms with E-state index in [1.54, 1.807) is 7.11 Å². The van der Waals surface area contributed by atoms with E-state index >= 15 is 0 Å². The molecule has 1 aromatic heterocycles. The fourth-order valence-electron chi connectivity index (χ4n) is 2.03. The Hall–Kier alpha value is -2.53. The van der Waals surface area contributed by atoms with Crippen LogP contribution in [-0.4, -0.2) is 17.3 Å². The van der Waals surface area contributed by atoms with E-state index in [1.807, 2.05) is 48.5 Å². The van der Waals surface area contributed by atoms with Gasteiger partial charge in [-0.05, 0) is 30.3 Å². The summed E-state index contributed by atoms with van der Waals surface area (Å²) in [4.78, 5) is 0. The van der Waals surface area contributed by atoms with Crippen molar-refractivity contribution in [3.8, 4) is 17.2 Å². The van der Waals surface area contributed by atoms with Gasteiger partial charge in [-0.15, -0.1) is 10.2 Å². The molecule has 1 N–H and O–H groups in total. The smallest absolute Gasteiger partial charge is 0.251 e. The second-order valence-corrected chi connectivity index (χ2v) is 5.00. The summed E-state index contributed by atoms with van der Waals surface area (Å²) in [6.45, 7) is 0.419. The predicted octanol–water partition coefficient (Wildman–Crippen LogP) is 4.01. The first-order valence-corrected chi connectivity index (χ1v) is 7.09. The van der Waals surface area contributed by atoms with Gasteiger partial charge in [0, 0.05) is 10.7 Å². The highest BCUT2D eigenvalue weighted by Gasteiger charge is 2.12. The number of benzene rings is 2. The first kappa shape index (κ1) is 14.4. The van der Waals surface area contributed by atoms with E-state index in [0.717, 1.165) is 11.3 Å². The fourth-order valence-corrected chi connectivity index (χ4v) is 2.22. The average Bonchev–Trinajstić information content (AvgIpc) is 3.02. The van der Waals surface area contributed by atoms with Gasteiger partial charge < -0.3 is 14.5 Å². The fraction of sp³-hybridized carbons (Fsp3) is 0.125. The zero-order chi connectivity index (χ0) is 15.4. The minimum atomic E-state index is 0.419. The second-order valence-electron chi connectivity index (χ2n) is 4.57. The molecule has 0 fully saturated rings. The summed E-state index contributed by atoms with van der Waals surface area (Å²) in [6.07, 6.45) is 0. The van der Waals surface area contributed by atoms with Crippen LogP contribution < -0.4 is 10.1 Å². The van der Waals surface area contributed by atoms with Crippen LogP contribution in [0, 0.1) is 0 Å². The van der Waals surface area contributed by atoms with Crippen molar-refractivity contribution in [2.24, 2.45) is 0 Å². The molecule has 0 spiro atoms. The van der Waals surface area contributed by atoms with Gasteiger partial charge in [-0.1, -0.05) is 29.8 Å². The lowest BCUT2D eigenvalue weighted by atomic mass is 10.2. The minimum absolute atomic E-state index is 0.419. The number of rotatable bonds is 5. The van der Waals surface area contributed by atoms with Gasteiger partial charge >= 0.3 is 0 Å². The molecule has 0 aliphatic carbocycles. The number of anilines is 1. The van der Waals surface area contributed by atoms with Crippen LogP contribution in [0.4, 0.5) is 5.69 Å². The Kier molecular flexibility index (Phi) is 4.25. The van der Waals surface area contributed by atoms with E-state index in [9.17, 15) is 0 Å². The first-order valence-electron chi connectivity index (χ1n) is 6.71. The van der Waals surface area contributed by atoms with Crippen molar-refractivity contribution >= 4 is 17.3 Å². The first-order chi connectivity index (χ1) is 10.8. The van der Waals surface area contributed by atoms with Crippen LogP contribution in [0.2, 0.25) is 5.02 Å². The van der Waals surface area contributed by atoms with Crippen molar-refractivity contribution in [1.29, 1.82) is 0 Å². The molecule has 0 atom stereocenters. The SMILES string of the molecule is COc1ccccc1-c1nnc(CNc2cccc(Cl)c2)o1. The van der Waals surface area contributed by atoms with Gasteiger partial charge in [0.2, 0.25) is 5.89 Å². The van der Waals surface area contributed by atoms with Crippen molar-refractivity contribution in [2.75, 3.05) is 12.4 Å². The van der Waals surface area contributed by atoms with Gasteiger partial charge in [0.25, 0.3) is 5.89 Å². The summed E-state index contributed by atoms with van der Waals surface area (Å²) in [6, 6.07) is 15.0. The predicted molar refractivity (Wildman–Crippen MR) is 85.1 cm³/mol. The van der Waals surface area contributed by atoms with E-state index in [0.29, 0.717) is 29.1 Å². The normalized spacial score (nSPS) is 10.5. The number of ether oxygens (including phenoxy) is 1. The molecule has 0 radical (unpaired) electrons. The molecular weight excluding hydrogens is 302 g/mol. The quantitative estimate of drug-likeness (QED) is 0.770. The number of para-hydroxylation sites is 1. The Bertz CT molecular complexity index is 773. The van der Waals surface area contributed by atoms with Gasteiger partial charge in [-0.3, -0.25) is 0 Å². The molecule has 1 heterocycles. The van der Waals surface area contributed by atoms with Crippen molar-refractivity contribution in [3.63, 3.8) is 0 Å². The zero-order valence-electron chi connectivity index (χ0n) is 11.9. The van der Waals surface area contributed by atoms with Gasteiger partial charge in [-0.2, -0.15) is 0 Å². The van der Waals surface area contributed by atoms with Crippen LogP contribution in [0.3, 0.4) is 0 Å². The lowest BCUT2D eigenvalue weighted by Gasteiger charge is -2.04. The van der Waals surface area contributed by atoms with Crippen LogP contribution in [0.15, 0.2) is 52.9 Å². The molecule has 3 aromatic rings. The Morgan fingerprint density at radius 3 is 2.82 bits per heavy atom. The molecule has 22 heavy (non-hydrogen) atoms. The molecule has 2 aromatic carbocycles.